The van der Waals surface area contributed by atoms with Crippen LogP contribution in [0.5, 0.6) is 5.75 Å². The molecule has 0 aromatic heterocycles. The van der Waals surface area contributed by atoms with Crippen LogP contribution in [0.25, 0.3) is 0 Å². The molecular formula is C19H28O2. The molecule has 1 fully saturated rings. The van der Waals surface area contributed by atoms with Gasteiger partial charge in [0.25, 0.3) is 0 Å². The van der Waals surface area contributed by atoms with Crippen molar-refractivity contribution < 1.29 is 9.84 Å². The Kier molecular flexibility index (Phi) is 3.77. The summed E-state index contributed by atoms with van der Waals surface area (Å²) in [6.07, 6.45) is 5.02. The molecule has 1 saturated carbocycles. The van der Waals surface area contributed by atoms with Crippen molar-refractivity contribution >= 4 is 0 Å². The minimum Gasteiger partial charge on any atom is -0.493 e. The minimum atomic E-state index is -0.493. The standard InChI is InChI=1S/C19H28O2/c1-18(2,3)15-8-10-19(20,11-9-15)12-14-13-21-17-7-5-4-6-16(14)17/h4-7,14-15,20H,8-13H2,1-3H3. The third-order valence-corrected chi connectivity index (χ3v) is 5.57. The fourth-order valence-corrected chi connectivity index (χ4v) is 4.08. The fourth-order valence-electron chi connectivity index (χ4n) is 4.08. The van der Waals surface area contributed by atoms with Crippen LogP contribution >= 0.6 is 0 Å². The van der Waals surface area contributed by atoms with Crippen LogP contribution in [0.3, 0.4) is 0 Å². The molecule has 1 N–H and O–H groups in total. The Hall–Kier alpha value is -1.02. The summed E-state index contributed by atoms with van der Waals surface area (Å²) in [4.78, 5) is 0. The van der Waals surface area contributed by atoms with E-state index < -0.39 is 5.60 Å². The topological polar surface area (TPSA) is 29.5 Å². The number of benzene rings is 1. The average molecular weight is 288 g/mol. The monoisotopic (exact) mass is 288 g/mol. The highest BCUT2D eigenvalue weighted by Gasteiger charge is 2.40. The van der Waals surface area contributed by atoms with E-state index in [1.807, 2.05) is 12.1 Å². The first-order chi connectivity index (χ1) is 9.87. The zero-order chi connectivity index (χ0) is 15.1. The van der Waals surface area contributed by atoms with E-state index in [4.69, 9.17) is 4.74 Å². The molecule has 0 amide bonds. The van der Waals surface area contributed by atoms with Crippen molar-refractivity contribution in [1.82, 2.24) is 0 Å². The molecule has 1 unspecified atom stereocenters. The largest absolute Gasteiger partial charge is 0.493 e. The number of rotatable bonds is 2. The van der Waals surface area contributed by atoms with Crippen molar-refractivity contribution in [2.24, 2.45) is 11.3 Å². The van der Waals surface area contributed by atoms with Crippen LogP contribution in [0.15, 0.2) is 24.3 Å². The van der Waals surface area contributed by atoms with Crippen molar-refractivity contribution in [3.8, 4) is 5.75 Å². The first kappa shape index (κ1) is 14.9. The average Bonchev–Trinajstić information content (AvgIpc) is 2.81. The van der Waals surface area contributed by atoms with Gasteiger partial charge in [-0.1, -0.05) is 39.0 Å². The van der Waals surface area contributed by atoms with Gasteiger partial charge in [0.1, 0.15) is 5.75 Å². The lowest BCUT2D eigenvalue weighted by Gasteiger charge is -2.42. The molecule has 1 aliphatic heterocycles. The van der Waals surface area contributed by atoms with E-state index >= 15 is 0 Å². The molecule has 116 valence electrons. The molecular weight excluding hydrogens is 260 g/mol. The van der Waals surface area contributed by atoms with Crippen molar-refractivity contribution in [3.63, 3.8) is 0 Å². The molecule has 0 saturated heterocycles. The molecule has 1 aliphatic carbocycles. The van der Waals surface area contributed by atoms with E-state index in [0.717, 1.165) is 50.4 Å². The number of fused-ring (bicyclic) bond motifs is 1. The Labute approximate surface area is 128 Å². The van der Waals surface area contributed by atoms with Crippen molar-refractivity contribution in [3.05, 3.63) is 29.8 Å². The summed E-state index contributed by atoms with van der Waals surface area (Å²) in [6, 6.07) is 8.28. The van der Waals surface area contributed by atoms with Gasteiger partial charge < -0.3 is 9.84 Å². The van der Waals surface area contributed by atoms with Gasteiger partial charge in [0, 0.05) is 11.5 Å². The van der Waals surface area contributed by atoms with Gasteiger partial charge in [0.2, 0.25) is 0 Å². The summed E-state index contributed by atoms with van der Waals surface area (Å²) in [7, 11) is 0. The number of hydrogen-bond donors (Lipinski definition) is 1. The van der Waals surface area contributed by atoms with Gasteiger partial charge in [-0.25, -0.2) is 0 Å². The number of aliphatic hydroxyl groups is 1. The van der Waals surface area contributed by atoms with E-state index in [1.165, 1.54) is 5.56 Å². The highest BCUT2D eigenvalue weighted by atomic mass is 16.5. The second kappa shape index (κ2) is 5.31. The maximum absolute atomic E-state index is 11.0. The summed E-state index contributed by atoms with van der Waals surface area (Å²) >= 11 is 0. The van der Waals surface area contributed by atoms with Gasteiger partial charge >= 0.3 is 0 Å². The number of ether oxygens (including phenoxy) is 1. The molecule has 1 heterocycles. The summed E-state index contributed by atoms with van der Waals surface area (Å²) in [5.41, 5.74) is 1.15. The third kappa shape index (κ3) is 3.11. The molecule has 2 heteroatoms. The lowest BCUT2D eigenvalue weighted by molar-refractivity contribution is -0.0370. The summed E-state index contributed by atoms with van der Waals surface area (Å²) in [5, 5.41) is 11.0. The van der Waals surface area contributed by atoms with Crippen LogP contribution in [0, 0.1) is 11.3 Å². The van der Waals surface area contributed by atoms with Crippen LogP contribution in [0.1, 0.15) is 64.4 Å². The first-order valence-electron chi connectivity index (χ1n) is 8.31. The molecule has 1 aromatic rings. The van der Waals surface area contributed by atoms with Crippen LogP contribution in [-0.4, -0.2) is 17.3 Å². The van der Waals surface area contributed by atoms with Crippen LogP contribution < -0.4 is 4.74 Å². The third-order valence-electron chi connectivity index (χ3n) is 5.57. The van der Waals surface area contributed by atoms with Crippen LogP contribution in [0.2, 0.25) is 0 Å². The van der Waals surface area contributed by atoms with Gasteiger partial charge in [0.05, 0.1) is 12.2 Å². The maximum Gasteiger partial charge on any atom is 0.122 e. The lowest BCUT2D eigenvalue weighted by Crippen LogP contribution is -2.38. The number of hydrogen-bond acceptors (Lipinski definition) is 2. The van der Waals surface area contributed by atoms with Gasteiger partial charge in [-0.15, -0.1) is 0 Å². The summed E-state index contributed by atoms with van der Waals surface area (Å²) in [5.74, 6) is 2.11. The second-order valence-electron chi connectivity index (χ2n) is 8.11. The zero-order valence-electron chi connectivity index (χ0n) is 13.6. The molecule has 1 aromatic carbocycles. The predicted octanol–water partition coefficient (Wildman–Crippen LogP) is 4.52. The Bertz CT molecular complexity index is 493. The van der Waals surface area contributed by atoms with E-state index in [0.29, 0.717) is 11.3 Å². The predicted molar refractivity (Wildman–Crippen MR) is 85.7 cm³/mol. The van der Waals surface area contributed by atoms with E-state index in [-0.39, 0.29) is 0 Å². The Morgan fingerprint density at radius 3 is 2.52 bits per heavy atom. The smallest absolute Gasteiger partial charge is 0.122 e. The maximum atomic E-state index is 11.0. The molecule has 0 bridgehead atoms. The van der Waals surface area contributed by atoms with E-state index in [9.17, 15) is 5.11 Å². The Balaban J connectivity index is 1.64. The second-order valence-corrected chi connectivity index (χ2v) is 8.11. The van der Waals surface area contributed by atoms with E-state index in [1.54, 1.807) is 0 Å². The van der Waals surface area contributed by atoms with Crippen molar-refractivity contribution in [2.75, 3.05) is 6.61 Å². The minimum absolute atomic E-state index is 0.359. The molecule has 21 heavy (non-hydrogen) atoms. The van der Waals surface area contributed by atoms with Crippen molar-refractivity contribution in [2.45, 2.75) is 64.4 Å². The van der Waals surface area contributed by atoms with Gasteiger partial charge in [0.15, 0.2) is 0 Å². The summed E-state index contributed by atoms with van der Waals surface area (Å²) < 4.78 is 5.76. The molecule has 0 spiro atoms. The normalized spacial score (nSPS) is 32.6. The lowest BCUT2D eigenvalue weighted by atomic mass is 9.66. The molecule has 2 aliphatic rings. The fraction of sp³-hybridized carbons (Fsp3) is 0.684. The Morgan fingerprint density at radius 2 is 1.86 bits per heavy atom. The first-order valence-corrected chi connectivity index (χ1v) is 8.31. The quantitative estimate of drug-likeness (QED) is 0.867. The molecule has 0 radical (unpaired) electrons. The van der Waals surface area contributed by atoms with Gasteiger partial charge in [-0.3, -0.25) is 0 Å². The highest BCUT2D eigenvalue weighted by Crippen LogP contribution is 2.46. The molecule has 2 nitrogen and oxygen atoms in total. The van der Waals surface area contributed by atoms with Gasteiger partial charge in [-0.05, 0) is 49.5 Å². The number of para-hydroxylation sites is 1. The summed E-state index contributed by atoms with van der Waals surface area (Å²) in [6.45, 7) is 7.69. The molecule has 3 rings (SSSR count). The highest BCUT2D eigenvalue weighted by molar-refractivity contribution is 5.39. The molecule has 1 atom stereocenters. The zero-order valence-corrected chi connectivity index (χ0v) is 13.6. The van der Waals surface area contributed by atoms with Crippen LogP contribution in [0.4, 0.5) is 0 Å². The van der Waals surface area contributed by atoms with Crippen LogP contribution in [-0.2, 0) is 0 Å². The van der Waals surface area contributed by atoms with E-state index in [2.05, 4.69) is 32.9 Å². The Morgan fingerprint density at radius 1 is 1.19 bits per heavy atom. The van der Waals surface area contributed by atoms with Gasteiger partial charge in [-0.2, -0.15) is 0 Å². The SMILES string of the molecule is CC(C)(C)C1CCC(O)(CC2COc3ccccc32)CC1. The van der Waals surface area contributed by atoms with Crippen molar-refractivity contribution in [1.29, 1.82) is 0 Å².